The van der Waals surface area contributed by atoms with E-state index in [2.05, 4.69) is 15.0 Å². The number of hydrogen-bond acceptors (Lipinski definition) is 7. The standard InChI is InChI=1S/C16H15F4N3O4/c1-7-12(24)13(25)15(14(26-7)11-8(17)5-21-6-22-11)27-10-4-2-3-9(23-10)16(18,19)20/h2-7,12-15,24-25H,1H3/t7-,12+,13+,14+,15-/m1/s1. The van der Waals surface area contributed by atoms with Crippen LogP contribution in [-0.4, -0.2) is 49.6 Å². The summed E-state index contributed by atoms with van der Waals surface area (Å²) in [6.45, 7) is 1.44. The number of halogens is 4. The Morgan fingerprint density at radius 1 is 1.19 bits per heavy atom. The minimum Gasteiger partial charge on any atom is -0.468 e. The van der Waals surface area contributed by atoms with Gasteiger partial charge in [0.2, 0.25) is 5.88 Å². The van der Waals surface area contributed by atoms with Gasteiger partial charge in [0.25, 0.3) is 0 Å². The molecule has 0 amide bonds. The van der Waals surface area contributed by atoms with E-state index in [0.29, 0.717) is 0 Å². The third-order valence-corrected chi connectivity index (χ3v) is 4.06. The van der Waals surface area contributed by atoms with Crippen molar-refractivity contribution in [1.82, 2.24) is 15.0 Å². The average molecular weight is 389 g/mol. The zero-order valence-corrected chi connectivity index (χ0v) is 13.8. The summed E-state index contributed by atoms with van der Waals surface area (Å²) >= 11 is 0. The summed E-state index contributed by atoms with van der Waals surface area (Å²) in [5, 5.41) is 20.4. The van der Waals surface area contributed by atoms with Crippen LogP contribution in [0.15, 0.2) is 30.7 Å². The molecule has 1 fully saturated rings. The second-order valence-corrected chi connectivity index (χ2v) is 5.94. The van der Waals surface area contributed by atoms with E-state index in [0.717, 1.165) is 30.7 Å². The summed E-state index contributed by atoms with van der Waals surface area (Å²) in [6.07, 6.45) is -9.47. The fourth-order valence-corrected chi connectivity index (χ4v) is 2.70. The molecule has 0 aliphatic carbocycles. The van der Waals surface area contributed by atoms with Crippen molar-refractivity contribution in [2.24, 2.45) is 0 Å². The van der Waals surface area contributed by atoms with Gasteiger partial charge >= 0.3 is 6.18 Å². The van der Waals surface area contributed by atoms with Gasteiger partial charge in [-0.1, -0.05) is 6.07 Å². The van der Waals surface area contributed by atoms with Crippen LogP contribution in [0, 0.1) is 5.82 Å². The number of rotatable bonds is 3. The first-order valence-corrected chi connectivity index (χ1v) is 7.86. The monoisotopic (exact) mass is 389 g/mol. The number of aromatic nitrogens is 3. The van der Waals surface area contributed by atoms with E-state index in [4.69, 9.17) is 9.47 Å². The number of hydrogen-bond donors (Lipinski definition) is 2. The Kier molecular flexibility index (Phi) is 5.27. The highest BCUT2D eigenvalue weighted by atomic mass is 19.4. The Hall–Kier alpha value is -2.37. The van der Waals surface area contributed by atoms with Gasteiger partial charge in [-0.15, -0.1) is 0 Å². The Bertz CT molecular complexity index is 807. The van der Waals surface area contributed by atoms with Gasteiger partial charge in [-0.2, -0.15) is 13.2 Å². The van der Waals surface area contributed by atoms with Crippen molar-refractivity contribution in [2.75, 3.05) is 0 Å². The number of aliphatic hydroxyl groups is 2. The van der Waals surface area contributed by atoms with E-state index in [9.17, 15) is 27.8 Å². The number of ether oxygens (including phenoxy) is 2. The Labute approximate surface area is 150 Å². The molecule has 2 aromatic heterocycles. The number of nitrogens with zero attached hydrogens (tertiary/aromatic N) is 3. The highest BCUT2D eigenvalue weighted by Gasteiger charge is 2.47. The molecule has 0 saturated carbocycles. The van der Waals surface area contributed by atoms with Crippen molar-refractivity contribution in [1.29, 1.82) is 0 Å². The number of alkyl halides is 3. The number of pyridine rings is 1. The highest BCUT2D eigenvalue weighted by Crippen LogP contribution is 2.35. The van der Waals surface area contributed by atoms with Gasteiger partial charge in [-0.05, 0) is 13.0 Å². The third kappa shape index (κ3) is 3.99. The molecule has 2 aromatic rings. The van der Waals surface area contributed by atoms with Crippen LogP contribution in [0.25, 0.3) is 0 Å². The van der Waals surface area contributed by atoms with Crippen LogP contribution in [0.1, 0.15) is 24.4 Å². The summed E-state index contributed by atoms with van der Waals surface area (Å²) in [7, 11) is 0. The first-order chi connectivity index (χ1) is 12.7. The Morgan fingerprint density at radius 2 is 1.93 bits per heavy atom. The quantitative estimate of drug-likeness (QED) is 0.771. The van der Waals surface area contributed by atoms with Crippen molar-refractivity contribution in [3.8, 4) is 5.88 Å². The normalized spacial score (nSPS) is 28.8. The molecule has 3 rings (SSSR count). The first-order valence-electron chi connectivity index (χ1n) is 7.86. The third-order valence-electron chi connectivity index (χ3n) is 4.06. The molecule has 3 heterocycles. The maximum atomic E-state index is 14.1. The van der Waals surface area contributed by atoms with E-state index in [1.165, 1.54) is 6.92 Å². The van der Waals surface area contributed by atoms with E-state index in [-0.39, 0.29) is 5.69 Å². The lowest BCUT2D eigenvalue weighted by Crippen LogP contribution is -2.55. The summed E-state index contributed by atoms with van der Waals surface area (Å²) < 4.78 is 63.5. The molecule has 0 bridgehead atoms. The molecular weight excluding hydrogens is 374 g/mol. The van der Waals surface area contributed by atoms with Crippen LogP contribution in [0.3, 0.4) is 0 Å². The topological polar surface area (TPSA) is 97.6 Å². The fourth-order valence-electron chi connectivity index (χ4n) is 2.70. The highest BCUT2D eigenvalue weighted by molar-refractivity contribution is 5.20. The molecular formula is C16H15F4N3O4. The van der Waals surface area contributed by atoms with Gasteiger partial charge in [0.05, 0.1) is 12.3 Å². The average Bonchev–Trinajstić information content (AvgIpc) is 2.62. The van der Waals surface area contributed by atoms with Gasteiger partial charge in [0.15, 0.2) is 11.9 Å². The van der Waals surface area contributed by atoms with E-state index < -0.39 is 54.1 Å². The van der Waals surface area contributed by atoms with Crippen molar-refractivity contribution in [2.45, 2.75) is 43.6 Å². The van der Waals surface area contributed by atoms with Crippen LogP contribution in [0.5, 0.6) is 5.88 Å². The molecule has 0 unspecified atom stereocenters. The summed E-state index contributed by atoms with van der Waals surface area (Å²) in [6, 6.07) is 2.96. The zero-order chi connectivity index (χ0) is 19.8. The lowest BCUT2D eigenvalue weighted by molar-refractivity contribution is -0.214. The molecule has 7 nitrogen and oxygen atoms in total. The van der Waals surface area contributed by atoms with Crippen molar-refractivity contribution in [3.05, 3.63) is 47.9 Å². The molecule has 0 aromatic carbocycles. The molecule has 146 valence electrons. The maximum Gasteiger partial charge on any atom is 0.433 e. The molecule has 11 heteroatoms. The molecule has 2 N–H and O–H groups in total. The van der Waals surface area contributed by atoms with E-state index in [1.807, 2.05) is 0 Å². The van der Waals surface area contributed by atoms with Crippen LogP contribution in [-0.2, 0) is 10.9 Å². The molecule has 1 saturated heterocycles. The molecule has 27 heavy (non-hydrogen) atoms. The molecule has 1 aliphatic rings. The van der Waals surface area contributed by atoms with Gasteiger partial charge in [-0.25, -0.2) is 19.3 Å². The zero-order valence-electron chi connectivity index (χ0n) is 13.8. The van der Waals surface area contributed by atoms with Gasteiger partial charge < -0.3 is 19.7 Å². The summed E-state index contributed by atoms with van der Waals surface area (Å²) in [5.74, 6) is -1.33. The van der Waals surface area contributed by atoms with Gasteiger partial charge in [-0.3, -0.25) is 0 Å². The summed E-state index contributed by atoms with van der Waals surface area (Å²) in [4.78, 5) is 10.6. The van der Waals surface area contributed by atoms with Crippen LogP contribution >= 0.6 is 0 Å². The second-order valence-electron chi connectivity index (χ2n) is 5.94. The smallest absolute Gasteiger partial charge is 0.433 e. The van der Waals surface area contributed by atoms with Crippen molar-refractivity contribution < 1.29 is 37.2 Å². The SMILES string of the molecule is C[C@H]1O[C@@H](c2ncncc2F)[C@H](Oc2cccc(C(F)(F)F)n2)[C@@H](O)[C@H]1O. The Morgan fingerprint density at radius 3 is 2.59 bits per heavy atom. The van der Waals surface area contributed by atoms with Crippen LogP contribution in [0.2, 0.25) is 0 Å². The van der Waals surface area contributed by atoms with E-state index >= 15 is 0 Å². The fraction of sp³-hybridized carbons (Fsp3) is 0.438. The summed E-state index contributed by atoms with van der Waals surface area (Å²) in [5.41, 5.74) is -1.47. The molecule has 0 radical (unpaired) electrons. The largest absolute Gasteiger partial charge is 0.468 e. The molecule has 0 spiro atoms. The molecule has 1 aliphatic heterocycles. The van der Waals surface area contributed by atoms with E-state index in [1.54, 1.807) is 0 Å². The lowest BCUT2D eigenvalue weighted by Gasteiger charge is -2.41. The predicted octanol–water partition coefficient (Wildman–Crippen LogP) is 1.66. The maximum absolute atomic E-state index is 14.1. The number of aliphatic hydroxyl groups excluding tert-OH is 2. The van der Waals surface area contributed by atoms with Crippen LogP contribution in [0.4, 0.5) is 17.6 Å². The minimum atomic E-state index is -4.70. The second kappa shape index (κ2) is 7.33. The first kappa shape index (κ1) is 19.4. The van der Waals surface area contributed by atoms with Crippen molar-refractivity contribution >= 4 is 0 Å². The Balaban J connectivity index is 1.95. The molecule has 5 atom stereocenters. The van der Waals surface area contributed by atoms with Crippen molar-refractivity contribution in [3.63, 3.8) is 0 Å². The van der Waals surface area contributed by atoms with Gasteiger partial charge in [0, 0.05) is 6.07 Å². The van der Waals surface area contributed by atoms with Gasteiger partial charge in [0.1, 0.15) is 36.0 Å². The lowest BCUT2D eigenvalue weighted by atomic mass is 9.93. The predicted molar refractivity (Wildman–Crippen MR) is 80.9 cm³/mol. The minimum absolute atomic E-state index is 0.264. The van der Waals surface area contributed by atoms with Crippen LogP contribution < -0.4 is 4.74 Å².